The van der Waals surface area contributed by atoms with E-state index in [-0.39, 0.29) is 11.6 Å². The van der Waals surface area contributed by atoms with Crippen LogP contribution in [0.3, 0.4) is 0 Å². The minimum Gasteiger partial charge on any atom is -0.368 e. The average molecular weight is 298 g/mol. The number of anilines is 2. The fourth-order valence-corrected chi connectivity index (χ4v) is 2.42. The lowest BCUT2D eigenvalue weighted by molar-refractivity contribution is 0.572. The van der Waals surface area contributed by atoms with Crippen LogP contribution in [-0.2, 0) is 6.54 Å². The van der Waals surface area contributed by atoms with Gasteiger partial charge in [0.2, 0.25) is 0 Å². The molecule has 108 valence electrons. The fourth-order valence-electron chi connectivity index (χ4n) is 1.81. The van der Waals surface area contributed by atoms with Gasteiger partial charge in [0.25, 0.3) is 0 Å². The smallest absolute Gasteiger partial charge is 0.168 e. The number of aryl methyl sites for hydroxylation is 1. The predicted molar refractivity (Wildman–Crippen MR) is 77.3 cm³/mol. The Balaban J connectivity index is 2.24. The number of pyridine rings is 1. The Hall–Kier alpha value is -1.76. The van der Waals surface area contributed by atoms with Crippen LogP contribution in [0.1, 0.15) is 17.6 Å². The number of thiazole rings is 1. The van der Waals surface area contributed by atoms with Gasteiger partial charge in [0, 0.05) is 25.0 Å². The van der Waals surface area contributed by atoms with Crippen LogP contribution in [0, 0.1) is 18.6 Å². The molecule has 0 amide bonds. The summed E-state index contributed by atoms with van der Waals surface area (Å²) in [6.45, 7) is 4.68. The molecule has 0 atom stereocenters. The summed E-state index contributed by atoms with van der Waals surface area (Å²) in [7, 11) is 1.70. The maximum Gasteiger partial charge on any atom is 0.168 e. The van der Waals surface area contributed by atoms with Gasteiger partial charge in [-0.2, -0.15) is 0 Å². The summed E-state index contributed by atoms with van der Waals surface area (Å²) in [5, 5.41) is 5.64. The van der Waals surface area contributed by atoms with E-state index in [1.165, 1.54) is 11.3 Å². The largest absolute Gasteiger partial charge is 0.368 e. The van der Waals surface area contributed by atoms with E-state index in [1.54, 1.807) is 11.9 Å². The van der Waals surface area contributed by atoms with Gasteiger partial charge in [0.15, 0.2) is 23.3 Å². The lowest BCUT2D eigenvalue weighted by atomic mass is 10.3. The van der Waals surface area contributed by atoms with Crippen molar-refractivity contribution in [1.29, 1.82) is 0 Å². The van der Waals surface area contributed by atoms with Crippen LogP contribution in [-0.4, -0.2) is 23.6 Å². The highest BCUT2D eigenvalue weighted by Gasteiger charge is 2.15. The molecule has 0 radical (unpaired) electrons. The van der Waals surface area contributed by atoms with Gasteiger partial charge in [-0.05, 0) is 13.8 Å². The zero-order chi connectivity index (χ0) is 14.7. The van der Waals surface area contributed by atoms with E-state index in [9.17, 15) is 8.78 Å². The Morgan fingerprint density at radius 2 is 2.05 bits per heavy atom. The first kappa shape index (κ1) is 14.6. The highest BCUT2D eigenvalue weighted by molar-refractivity contribution is 7.09. The van der Waals surface area contributed by atoms with Crippen molar-refractivity contribution in [1.82, 2.24) is 9.97 Å². The van der Waals surface area contributed by atoms with Crippen molar-refractivity contribution in [2.45, 2.75) is 20.4 Å². The second-order valence-electron chi connectivity index (χ2n) is 4.37. The molecular weight excluding hydrogens is 282 g/mol. The summed E-state index contributed by atoms with van der Waals surface area (Å²) < 4.78 is 27.4. The van der Waals surface area contributed by atoms with E-state index in [1.807, 2.05) is 19.2 Å². The van der Waals surface area contributed by atoms with Crippen molar-refractivity contribution in [3.63, 3.8) is 0 Å². The van der Waals surface area contributed by atoms with Crippen LogP contribution in [0.25, 0.3) is 0 Å². The van der Waals surface area contributed by atoms with Gasteiger partial charge in [-0.25, -0.2) is 18.7 Å². The van der Waals surface area contributed by atoms with Crippen molar-refractivity contribution >= 4 is 23.0 Å². The third-order valence-corrected chi connectivity index (χ3v) is 3.50. The second-order valence-corrected chi connectivity index (χ2v) is 5.43. The molecule has 2 aromatic rings. The van der Waals surface area contributed by atoms with Crippen molar-refractivity contribution in [3.05, 3.63) is 33.8 Å². The topological polar surface area (TPSA) is 41.1 Å². The third-order valence-electron chi connectivity index (χ3n) is 2.68. The minimum absolute atomic E-state index is 0.0604. The van der Waals surface area contributed by atoms with Crippen LogP contribution < -0.4 is 10.2 Å². The summed E-state index contributed by atoms with van der Waals surface area (Å²) in [5.74, 6) is -1.21. The molecule has 2 aromatic heterocycles. The number of nitrogens with zero attached hydrogens (tertiary/aromatic N) is 3. The molecule has 2 heterocycles. The van der Waals surface area contributed by atoms with E-state index in [2.05, 4.69) is 15.3 Å². The molecule has 0 fully saturated rings. The average Bonchev–Trinajstić information content (AvgIpc) is 2.78. The highest BCUT2D eigenvalue weighted by atomic mass is 32.1. The van der Waals surface area contributed by atoms with Gasteiger partial charge in [0.1, 0.15) is 0 Å². The van der Waals surface area contributed by atoms with E-state index < -0.39 is 11.6 Å². The van der Waals surface area contributed by atoms with Crippen LogP contribution in [0.15, 0.2) is 11.4 Å². The van der Waals surface area contributed by atoms with Gasteiger partial charge >= 0.3 is 0 Å². The van der Waals surface area contributed by atoms with Crippen LogP contribution >= 0.6 is 11.3 Å². The number of aromatic nitrogens is 2. The van der Waals surface area contributed by atoms with Crippen molar-refractivity contribution in [3.8, 4) is 0 Å². The maximum absolute atomic E-state index is 13.8. The van der Waals surface area contributed by atoms with Crippen molar-refractivity contribution in [2.24, 2.45) is 0 Å². The molecule has 0 aromatic carbocycles. The van der Waals surface area contributed by atoms with E-state index in [0.717, 1.165) is 16.8 Å². The van der Waals surface area contributed by atoms with Gasteiger partial charge in [-0.15, -0.1) is 11.3 Å². The molecule has 2 rings (SSSR count). The Morgan fingerprint density at radius 3 is 2.65 bits per heavy atom. The van der Waals surface area contributed by atoms with Gasteiger partial charge < -0.3 is 10.2 Å². The minimum atomic E-state index is -0.689. The summed E-state index contributed by atoms with van der Waals surface area (Å²) in [6.07, 6.45) is 0. The van der Waals surface area contributed by atoms with E-state index in [0.29, 0.717) is 13.1 Å². The fraction of sp³-hybridized carbons (Fsp3) is 0.385. The van der Waals surface area contributed by atoms with Gasteiger partial charge in [-0.3, -0.25) is 0 Å². The molecule has 0 aliphatic rings. The number of hydrogen-bond donors (Lipinski definition) is 1. The zero-order valence-corrected chi connectivity index (χ0v) is 12.4. The Kier molecular flexibility index (Phi) is 4.49. The normalized spacial score (nSPS) is 10.7. The quantitative estimate of drug-likeness (QED) is 0.920. The molecule has 0 unspecified atom stereocenters. The first-order chi connectivity index (χ1) is 9.51. The molecule has 20 heavy (non-hydrogen) atoms. The summed E-state index contributed by atoms with van der Waals surface area (Å²) >= 11 is 1.54. The first-order valence-corrected chi connectivity index (χ1v) is 7.11. The Bertz CT molecular complexity index is 600. The number of nitrogens with one attached hydrogen (secondary N) is 1. The SMILES string of the molecule is CCNc1nc(N(C)Cc2csc(C)n2)c(F)cc1F. The van der Waals surface area contributed by atoms with Crippen molar-refractivity contribution < 1.29 is 8.78 Å². The summed E-state index contributed by atoms with van der Waals surface area (Å²) in [6, 6.07) is 0.850. The van der Waals surface area contributed by atoms with E-state index in [4.69, 9.17) is 0 Å². The van der Waals surface area contributed by atoms with E-state index >= 15 is 0 Å². The molecule has 0 aliphatic carbocycles. The molecule has 0 saturated heterocycles. The summed E-state index contributed by atoms with van der Waals surface area (Å²) in [4.78, 5) is 9.94. The standard InChI is InChI=1S/C13H16F2N4S/c1-4-16-12-10(14)5-11(15)13(18-12)19(3)6-9-7-20-8(2)17-9/h5,7H,4,6H2,1-3H3,(H,16,18). The highest BCUT2D eigenvalue weighted by Crippen LogP contribution is 2.23. The van der Waals surface area contributed by atoms with Crippen LogP contribution in [0.4, 0.5) is 20.4 Å². The van der Waals surface area contributed by atoms with Crippen LogP contribution in [0.5, 0.6) is 0 Å². The number of hydrogen-bond acceptors (Lipinski definition) is 5. The Morgan fingerprint density at radius 1 is 1.30 bits per heavy atom. The molecule has 0 bridgehead atoms. The first-order valence-electron chi connectivity index (χ1n) is 6.23. The zero-order valence-electron chi connectivity index (χ0n) is 11.6. The molecule has 7 heteroatoms. The molecule has 0 aliphatic heterocycles. The number of rotatable bonds is 5. The molecule has 1 N–H and O–H groups in total. The monoisotopic (exact) mass is 298 g/mol. The van der Waals surface area contributed by atoms with Crippen LogP contribution in [0.2, 0.25) is 0 Å². The molecule has 4 nitrogen and oxygen atoms in total. The summed E-state index contributed by atoms with van der Waals surface area (Å²) in [5.41, 5.74) is 0.838. The van der Waals surface area contributed by atoms with Gasteiger partial charge in [0.05, 0.1) is 17.2 Å². The lowest BCUT2D eigenvalue weighted by Gasteiger charge is -2.19. The maximum atomic E-state index is 13.8. The Labute approximate surface area is 120 Å². The predicted octanol–water partition coefficient (Wildman–Crippen LogP) is 3.19. The second kappa shape index (κ2) is 6.13. The van der Waals surface area contributed by atoms with Crippen molar-refractivity contribution in [2.75, 3.05) is 23.8 Å². The molecule has 0 spiro atoms. The van der Waals surface area contributed by atoms with Gasteiger partial charge in [-0.1, -0.05) is 0 Å². The number of halogens is 2. The lowest BCUT2D eigenvalue weighted by Crippen LogP contribution is -2.20. The third kappa shape index (κ3) is 3.22. The molecular formula is C13H16F2N4S. The molecule has 0 saturated carbocycles.